The monoisotopic (exact) mass is 336 g/mol. The molecule has 0 amide bonds. The highest BCUT2D eigenvalue weighted by atomic mass is 32.2. The van der Waals surface area contributed by atoms with Crippen LogP contribution < -0.4 is 5.32 Å². The van der Waals surface area contributed by atoms with Gasteiger partial charge in [0.25, 0.3) is 0 Å². The number of thiazole rings is 1. The van der Waals surface area contributed by atoms with Crippen molar-refractivity contribution in [1.29, 1.82) is 0 Å². The van der Waals surface area contributed by atoms with Gasteiger partial charge in [0.2, 0.25) is 0 Å². The van der Waals surface area contributed by atoms with Crippen LogP contribution in [0.5, 0.6) is 0 Å². The zero-order valence-electron chi connectivity index (χ0n) is 12.7. The van der Waals surface area contributed by atoms with Crippen molar-refractivity contribution in [2.75, 3.05) is 31.8 Å². The van der Waals surface area contributed by atoms with Gasteiger partial charge in [-0.15, -0.1) is 11.3 Å². The predicted molar refractivity (Wildman–Crippen MR) is 84.6 cm³/mol. The van der Waals surface area contributed by atoms with Gasteiger partial charge in [0.05, 0.1) is 36.3 Å². The number of hydrogen-bond donors (Lipinski definition) is 2. The number of ether oxygens (including phenoxy) is 1. The fraction of sp³-hybridized carbons (Fsp3) is 0.769. The smallest absolute Gasteiger partial charge is 0.148 e. The first-order valence-electron chi connectivity index (χ1n) is 6.84. The van der Waals surface area contributed by atoms with E-state index in [4.69, 9.17) is 4.74 Å². The van der Waals surface area contributed by atoms with E-state index in [2.05, 4.69) is 10.3 Å². The molecular formula is C13H24N2O4S2. The minimum absolute atomic E-state index is 0.0607. The lowest BCUT2D eigenvalue weighted by Gasteiger charge is -2.16. The minimum atomic E-state index is -3.00. The van der Waals surface area contributed by atoms with Crippen molar-refractivity contribution in [3.8, 4) is 0 Å². The largest absolute Gasteiger partial charge is 0.389 e. The molecule has 0 aliphatic carbocycles. The number of aryl methyl sites for hydroxylation is 1. The predicted octanol–water partition coefficient (Wildman–Crippen LogP) is 0.394. The second kappa shape index (κ2) is 8.79. The summed E-state index contributed by atoms with van der Waals surface area (Å²) < 4.78 is 27.6. The van der Waals surface area contributed by atoms with E-state index in [1.165, 1.54) is 11.1 Å². The van der Waals surface area contributed by atoms with Crippen molar-refractivity contribution in [2.45, 2.75) is 32.4 Å². The van der Waals surface area contributed by atoms with Crippen LogP contribution in [0.25, 0.3) is 0 Å². The third-order valence-electron chi connectivity index (χ3n) is 2.88. The van der Waals surface area contributed by atoms with Crippen LogP contribution in [0, 0.1) is 6.92 Å². The van der Waals surface area contributed by atoms with Gasteiger partial charge >= 0.3 is 0 Å². The Morgan fingerprint density at radius 1 is 1.52 bits per heavy atom. The molecule has 0 spiro atoms. The Kier molecular flexibility index (Phi) is 7.75. The SMILES string of the molecule is Cc1ncsc1CCOCC(O)CNC(C)CS(C)(=O)=O. The average molecular weight is 336 g/mol. The Bertz CT molecular complexity index is 516. The first kappa shape index (κ1) is 18.5. The lowest BCUT2D eigenvalue weighted by Crippen LogP contribution is -2.39. The van der Waals surface area contributed by atoms with Crippen LogP contribution in [0.15, 0.2) is 5.51 Å². The number of nitrogens with zero attached hydrogens (tertiary/aromatic N) is 1. The van der Waals surface area contributed by atoms with Crippen molar-refractivity contribution >= 4 is 21.2 Å². The van der Waals surface area contributed by atoms with E-state index in [0.29, 0.717) is 13.2 Å². The van der Waals surface area contributed by atoms with Crippen LogP contribution in [-0.2, 0) is 21.0 Å². The topological polar surface area (TPSA) is 88.5 Å². The third-order valence-corrected chi connectivity index (χ3v) is 4.98. The molecule has 0 saturated carbocycles. The number of aliphatic hydroxyl groups excluding tert-OH is 1. The molecule has 6 nitrogen and oxygen atoms in total. The van der Waals surface area contributed by atoms with Crippen molar-refractivity contribution in [3.63, 3.8) is 0 Å². The van der Waals surface area contributed by atoms with Gasteiger partial charge in [-0.25, -0.2) is 13.4 Å². The molecule has 0 radical (unpaired) electrons. The molecule has 0 aromatic carbocycles. The maximum absolute atomic E-state index is 11.1. The number of nitrogens with one attached hydrogen (secondary N) is 1. The third kappa shape index (κ3) is 8.47. The molecule has 21 heavy (non-hydrogen) atoms. The summed E-state index contributed by atoms with van der Waals surface area (Å²) in [4.78, 5) is 5.36. The van der Waals surface area contributed by atoms with E-state index in [9.17, 15) is 13.5 Å². The summed E-state index contributed by atoms with van der Waals surface area (Å²) in [5.41, 5.74) is 2.84. The Morgan fingerprint density at radius 3 is 2.81 bits per heavy atom. The molecule has 0 aliphatic heterocycles. The first-order valence-corrected chi connectivity index (χ1v) is 9.78. The molecule has 0 fully saturated rings. The lowest BCUT2D eigenvalue weighted by molar-refractivity contribution is 0.0376. The molecule has 2 atom stereocenters. The van der Waals surface area contributed by atoms with Crippen molar-refractivity contribution in [3.05, 3.63) is 16.1 Å². The summed E-state index contributed by atoms with van der Waals surface area (Å²) >= 11 is 1.60. The summed E-state index contributed by atoms with van der Waals surface area (Å²) in [5, 5.41) is 12.7. The highest BCUT2D eigenvalue weighted by molar-refractivity contribution is 7.90. The molecule has 1 aromatic rings. The Labute approximate surface area is 130 Å². The van der Waals surface area contributed by atoms with E-state index in [-0.39, 0.29) is 18.4 Å². The fourth-order valence-corrected chi connectivity index (χ4v) is 3.65. The fourth-order valence-electron chi connectivity index (χ4n) is 1.86. The molecule has 8 heteroatoms. The molecule has 1 heterocycles. The molecular weight excluding hydrogens is 312 g/mol. The summed E-state index contributed by atoms with van der Waals surface area (Å²) in [6, 6.07) is -0.186. The molecule has 0 saturated heterocycles. The van der Waals surface area contributed by atoms with Gasteiger partial charge in [0, 0.05) is 30.1 Å². The number of aromatic nitrogens is 1. The average Bonchev–Trinajstić information content (AvgIpc) is 2.76. The Hall–Kier alpha value is -0.540. The van der Waals surface area contributed by atoms with Gasteiger partial charge < -0.3 is 15.2 Å². The maximum Gasteiger partial charge on any atom is 0.148 e. The van der Waals surface area contributed by atoms with Crippen molar-refractivity contribution < 1.29 is 18.3 Å². The van der Waals surface area contributed by atoms with E-state index < -0.39 is 15.9 Å². The van der Waals surface area contributed by atoms with Crippen LogP contribution in [0.2, 0.25) is 0 Å². The second-order valence-electron chi connectivity index (χ2n) is 5.24. The number of sulfone groups is 1. The summed E-state index contributed by atoms with van der Waals surface area (Å²) in [5.74, 6) is 0.0607. The van der Waals surface area contributed by atoms with Crippen molar-refractivity contribution in [1.82, 2.24) is 10.3 Å². The van der Waals surface area contributed by atoms with E-state index >= 15 is 0 Å². The standard InChI is InChI=1S/C13H24N2O4S2/c1-10(8-21(3,17)18)14-6-12(16)7-19-5-4-13-11(2)15-9-20-13/h9-10,12,14,16H,4-8H2,1-3H3. The Balaban J connectivity index is 2.11. The quantitative estimate of drug-likeness (QED) is 0.601. The highest BCUT2D eigenvalue weighted by Crippen LogP contribution is 2.12. The summed E-state index contributed by atoms with van der Waals surface area (Å²) in [6.45, 7) is 4.83. The van der Waals surface area contributed by atoms with Crippen LogP contribution in [0.4, 0.5) is 0 Å². The van der Waals surface area contributed by atoms with Gasteiger partial charge in [-0.1, -0.05) is 0 Å². The molecule has 122 valence electrons. The molecule has 0 aliphatic rings. The van der Waals surface area contributed by atoms with Crippen LogP contribution >= 0.6 is 11.3 Å². The highest BCUT2D eigenvalue weighted by Gasteiger charge is 2.12. The van der Waals surface area contributed by atoms with Gasteiger partial charge in [0.15, 0.2) is 0 Å². The van der Waals surface area contributed by atoms with Crippen molar-refractivity contribution in [2.24, 2.45) is 0 Å². The van der Waals surface area contributed by atoms with Gasteiger partial charge in [-0.2, -0.15) is 0 Å². The normalized spacial score (nSPS) is 15.0. The summed E-state index contributed by atoms with van der Waals surface area (Å²) in [6.07, 6.45) is 1.35. The second-order valence-corrected chi connectivity index (χ2v) is 8.37. The zero-order valence-corrected chi connectivity index (χ0v) is 14.3. The lowest BCUT2D eigenvalue weighted by atomic mass is 10.3. The number of hydrogen-bond acceptors (Lipinski definition) is 7. The van der Waals surface area contributed by atoms with Gasteiger partial charge in [-0.3, -0.25) is 0 Å². The minimum Gasteiger partial charge on any atom is -0.389 e. The van der Waals surface area contributed by atoms with E-state index in [1.54, 1.807) is 18.3 Å². The van der Waals surface area contributed by atoms with E-state index in [1.807, 2.05) is 12.4 Å². The van der Waals surface area contributed by atoms with Crippen LogP contribution in [-0.4, -0.2) is 62.4 Å². The van der Waals surface area contributed by atoms with E-state index in [0.717, 1.165) is 12.1 Å². The Morgan fingerprint density at radius 2 is 2.24 bits per heavy atom. The molecule has 0 bridgehead atoms. The van der Waals surface area contributed by atoms with Gasteiger partial charge in [0.1, 0.15) is 9.84 Å². The van der Waals surface area contributed by atoms with Crippen LogP contribution in [0.1, 0.15) is 17.5 Å². The zero-order chi connectivity index (χ0) is 15.9. The summed E-state index contributed by atoms with van der Waals surface area (Å²) in [7, 11) is -3.00. The molecule has 2 unspecified atom stereocenters. The first-order chi connectivity index (χ1) is 9.78. The molecule has 1 aromatic heterocycles. The van der Waals surface area contributed by atoms with Crippen LogP contribution in [0.3, 0.4) is 0 Å². The molecule has 1 rings (SSSR count). The van der Waals surface area contributed by atoms with Gasteiger partial charge in [-0.05, 0) is 13.8 Å². The molecule has 2 N–H and O–H groups in total. The number of aliphatic hydroxyl groups is 1. The number of rotatable bonds is 10. The maximum atomic E-state index is 11.1.